The number of aliphatic hydroxyl groups excluding tert-OH is 1. The lowest BCUT2D eigenvalue weighted by molar-refractivity contribution is 0.158. The lowest BCUT2D eigenvalue weighted by Crippen LogP contribution is -2.05. The van der Waals surface area contributed by atoms with Crippen LogP contribution in [-0.2, 0) is 6.42 Å². The Hall–Kier alpha value is -1.80. The second-order valence-corrected chi connectivity index (χ2v) is 4.73. The van der Waals surface area contributed by atoms with Crippen LogP contribution in [0.5, 0.6) is 5.75 Å². The Morgan fingerprint density at radius 3 is 2.44 bits per heavy atom. The Bertz CT molecular complexity index is 545. The SMILES string of the molecule is COc1ccc([C@H]2Cc3ccccc3[C@H]2O)cc1. The van der Waals surface area contributed by atoms with Crippen LogP contribution in [0.25, 0.3) is 0 Å². The Morgan fingerprint density at radius 1 is 1.06 bits per heavy atom. The van der Waals surface area contributed by atoms with E-state index in [2.05, 4.69) is 6.07 Å². The van der Waals surface area contributed by atoms with E-state index < -0.39 is 6.10 Å². The molecule has 2 aromatic carbocycles. The lowest BCUT2D eigenvalue weighted by atomic mass is 9.94. The number of benzene rings is 2. The van der Waals surface area contributed by atoms with E-state index in [9.17, 15) is 5.11 Å². The van der Waals surface area contributed by atoms with Crippen molar-refractivity contribution in [1.82, 2.24) is 0 Å². The first-order valence-corrected chi connectivity index (χ1v) is 6.19. The van der Waals surface area contributed by atoms with Crippen molar-refractivity contribution >= 4 is 0 Å². The molecular weight excluding hydrogens is 224 g/mol. The van der Waals surface area contributed by atoms with E-state index in [-0.39, 0.29) is 5.92 Å². The van der Waals surface area contributed by atoms with Gasteiger partial charge in [0.2, 0.25) is 0 Å². The van der Waals surface area contributed by atoms with Crippen molar-refractivity contribution in [3.05, 3.63) is 65.2 Å². The van der Waals surface area contributed by atoms with E-state index in [1.54, 1.807) is 7.11 Å². The summed E-state index contributed by atoms with van der Waals surface area (Å²) in [6.45, 7) is 0. The first-order chi connectivity index (χ1) is 8.79. The molecule has 1 N–H and O–H groups in total. The first kappa shape index (κ1) is 11.3. The molecule has 2 nitrogen and oxygen atoms in total. The number of hydrogen-bond donors (Lipinski definition) is 1. The maximum atomic E-state index is 10.4. The predicted molar refractivity (Wildman–Crippen MR) is 70.8 cm³/mol. The Balaban J connectivity index is 1.91. The van der Waals surface area contributed by atoms with Crippen LogP contribution in [0.3, 0.4) is 0 Å². The quantitative estimate of drug-likeness (QED) is 0.874. The van der Waals surface area contributed by atoms with Crippen LogP contribution in [0.4, 0.5) is 0 Å². The summed E-state index contributed by atoms with van der Waals surface area (Å²) in [6.07, 6.45) is 0.513. The summed E-state index contributed by atoms with van der Waals surface area (Å²) in [5.74, 6) is 1.01. The van der Waals surface area contributed by atoms with Crippen molar-refractivity contribution in [1.29, 1.82) is 0 Å². The number of aliphatic hydroxyl groups is 1. The zero-order chi connectivity index (χ0) is 12.5. The molecule has 0 bridgehead atoms. The van der Waals surface area contributed by atoms with Crippen molar-refractivity contribution < 1.29 is 9.84 Å². The summed E-state index contributed by atoms with van der Waals surface area (Å²) in [6, 6.07) is 16.1. The molecule has 3 rings (SSSR count). The zero-order valence-electron chi connectivity index (χ0n) is 10.3. The Labute approximate surface area is 107 Å². The number of hydrogen-bond acceptors (Lipinski definition) is 2. The van der Waals surface area contributed by atoms with Gasteiger partial charge in [0.15, 0.2) is 0 Å². The van der Waals surface area contributed by atoms with Gasteiger partial charge in [0, 0.05) is 5.92 Å². The molecule has 0 aromatic heterocycles. The summed E-state index contributed by atoms with van der Waals surface area (Å²) >= 11 is 0. The van der Waals surface area contributed by atoms with Crippen LogP contribution in [0.2, 0.25) is 0 Å². The van der Waals surface area contributed by atoms with E-state index in [1.807, 2.05) is 42.5 Å². The van der Waals surface area contributed by atoms with Gasteiger partial charge in [-0.15, -0.1) is 0 Å². The summed E-state index contributed by atoms with van der Waals surface area (Å²) in [5.41, 5.74) is 3.49. The number of methoxy groups -OCH3 is 1. The highest BCUT2D eigenvalue weighted by Crippen LogP contribution is 2.42. The number of rotatable bonds is 2. The molecule has 0 spiro atoms. The van der Waals surface area contributed by atoms with Gasteiger partial charge in [0.25, 0.3) is 0 Å². The summed E-state index contributed by atoms with van der Waals surface area (Å²) < 4.78 is 5.16. The molecule has 0 saturated heterocycles. The number of fused-ring (bicyclic) bond motifs is 1. The van der Waals surface area contributed by atoms with Crippen LogP contribution in [0, 0.1) is 0 Å². The minimum Gasteiger partial charge on any atom is -0.497 e. The molecule has 92 valence electrons. The summed E-state index contributed by atoms with van der Waals surface area (Å²) in [5, 5.41) is 10.4. The zero-order valence-corrected chi connectivity index (χ0v) is 10.3. The van der Waals surface area contributed by atoms with E-state index >= 15 is 0 Å². The second kappa shape index (κ2) is 4.46. The van der Waals surface area contributed by atoms with E-state index in [0.29, 0.717) is 0 Å². The summed E-state index contributed by atoms with van der Waals surface area (Å²) in [7, 11) is 1.66. The van der Waals surface area contributed by atoms with Crippen molar-refractivity contribution in [2.24, 2.45) is 0 Å². The van der Waals surface area contributed by atoms with Gasteiger partial charge < -0.3 is 9.84 Å². The molecule has 0 amide bonds. The smallest absolute Gasteiger partial charge is 0.118 e. The topological polar surface area (TPSA) is 29.5 Å². The van der Waals surface area contributed by atoms with Crippen LogP contribution >= 0.6 is 0 Å². The van der Waals surface area contributed by atoms with Crippen LogP contribution < -0.4 is 4.74 Å². The van der Waals surface area contributed by atoms with E-state index in [4.69, 9.17) is 4.74 Å². The molecule has 2 heteroatoms. The third-order valence-corrected chi connectivity index (χ3v) is 3.74. The minimum absolute atomic E-state index is 0.160. The fourth-order valence-electron chi connectivity index (χ4n) is 2.73. The Kier molecular flexibility index (Phi) is 2.80. The molecule has 0 radical (unpaired) electrons. The van der Waals surface area contributed by atoms with Crippen LogP contribution in [0.1, 0.15) is 28.7 Å². The van der Waals surface area contributed by atoms with Crippen molar-refractivity contribution in [2.45, 2.75) is 18.4 Å². The normalized spacial score (nSPS) is 21.7. The van der Waals surface area contributed by atoms with Gasteiger partial charge in [-0.25, -0.2) is 0 Å². The third kappa shape index (κ3) is 1.79. The average Bonchev–Trinajstić information content (AvgIpc) is 2.77. The fourth-order valence-corrected chi connectivity index (χ4v) is 2.73. The van der Waals surface area contributed by atoms with Gasteiger partial charge in [-0.05, 0) is 35.2 Å². The van der Waals surface area contributed by atoms with Gasteiger partial charge in [-0.3, -0.25) is 0 Å². The van der Waals surface area contributed by atoms with Gasteiger partial charge in [-0.2, -0.15) is 0 Å². The molecule has 0 heterocycles. The highest BCUT2D eigenvalue weighted by molar-refractivity contribution is 5.41. The number of ether oxygens (including phenoxy) is 1. The van der Waals surface area contributed by atoms with Gasteiger partial charge >= 0.3 is 0 Å². The molecule has 0 unspecified atom stereocenters. The van der Waals surface area contributed by atoms with Crippen molar-refractivity contribution in [3.8, 4) is 5.75 Å². The molecule has 0 saturated carbocycles. The first-order valence-electron chi connectivity index (χ1n) is 6.19. The fraction of sp³-hybridized carbons (Fsp3) is 0.250. The maximum Gasteiger partial charge on any atom is 0.118 e. The molecule has 0 aliphatic heterocycles. The predicted octanol–water partition coefficient (Wildman–Crippen LogP) is 3.07. The van der Waals surface area contributed by atoms with E-state index in [0.717, 1.165) is 17.7 Å². The lowest BCUT2D eigenvalue weighted by Gasteiger charge is -2.15. The maximum absolute atomic E-state index is 10.4. The highest BCUT2D eigenvalue weighted by Gasteiger charge is 2.31. The van der Waals surface area contributed by atoms with Gasteiger partial charge in [0.1, 0.15) is 5.75 Å². The second-order valence-electron chi connectivity index (χ2n) is 4.73. The van der Waals surface area contributed by atoms with Crippen LogP contribution in [0.15, 0.2) is 48.5 Å². The molecular formula is C16H16O2. The average molecular weight is 240 g/mol. The summed E-state index contributed by atoms with van der Waals surface area (Å²) in [4.78, 5) is 0. The van der Waals surface area contributed by atoms with E-state index in [1.165, 1.54) is 11.1 Å². The molecule has 2 aromatic rings. The van der Waals surface area contributed by atoms with Crippen molar-refractivity contribution in [2.75, 3.05) is 7.11 Å². The largest absolute Gasteiger partial charge is 0.497 e. The van der Waals surface area contributed by atoms with Gasteiger partial charge in [-0.1, -0.05) is 36.4 Å². The van der Waals surface area contributed by atoms with Gasteiger partial charge in [0.05, 0.1) is 13.2 Å². The minimum atomic E-state index is -0.394. The van der Waals surface area contributed by atoms with Crippen LogP contribution in [-0.4, -0.2) is 12.2 Å². The molecule has 0 fully saturated rings. The molecule has 1 aliphatic rings. The third-order valence-electron chi connectivity index (χ3n) is 3.74. The highest BCUT2D eigenvalue weighted by atomic mass is 16.5. The monoisotopic (exact) mass is 240 g/mol. The molecule has 1 aliphatic carbocycles. The van der Waals surface area contributed by atoms with Crippen molar-refractivity contribution in [3.63, 3.8) is 0 Å². The Morgan fingerprint density at radius 2 is 1.78 bits per heavy atom. The molecule has 2 atom stereocenters. The molecule has 18 heavy (non-hydrogen) atoms. The standard InChI is InChI=1S/C16H16O2/c1-18-13-8-6-11(7-9-13)15-10-12-4-2-3-5-14(12)16(15)17/h2-9,15-17H,10H2,1H3/t15-,16-/m1/s1.